The Kier molecular flexibility index (Phi) is 4.85. The second kappa shape index (κ2) is 5.94. The van der Waals surface area contributed by atoms with Crippen LogP contribution in [0.5, 0.6) is 0 Å². The van der Waals surface area contributed by atoms with Crippen molar-refractivity contribution in [2.75, 3.05) is 5.73 Å². The lowest BCUT2D eigenvalue weighted by Gasteiger charge is -2.13. The topological polar surface area (TPSA) is 26.0 Å². The molecule has 1 aromatic rings. The molecule has 1 rings (SSSR count). The Morgan fingerprint density at radius 3 is 2.41 bits per heavy atom. The molecule has 0 fully saturated rings. The lowest BCUT2D eigenvalue weighted by molar-refractivity contribution is -0.138. The summed E-state index contributed by atoms with van der Waals surface area (Å²) in [4.78, 5) is 0. The number of halogens is 3. The molecule has 1 nitrogen and oxygen atoms in total. The number of rotatable bonds is 5. The van der Waals surface area contributed by atoms with Gasteiger partial charge in [0.15, 0.2) is 0 Å². The summed E-state index contributed by atoms with van der Waals surface area (Å²) >= 11 is 0. The van der Waals surface area contributed by atoms with Crippen LogP contribution in [0.15, 0.2) is 18.2 Å². The summed E-state index contributed by atoms with van der Waals surface area (Å²) < 4.78 is 38.1. The average Bonchev–Trinajstić information content (AvgIpc) is 2.23. The summed E-state index contributed by atoms with van der Waals surface area (Å²) in [5.41, 5.74) is 5.69. The second-order valence-electron chi connectivity index (χ2n) is 4.23. The van der Waals surface area contributed by atoms with Gasteiger partial charge in [0.25, 0.3) is 0 Å². The first-order valence-corrected chi connectivity index (χ1v) is 5.90. The molecular formula is C13H18F3N. The van der Waals surface area contributed by atoms with Crippen molar-refractivity contribution < 1.29 is 13.2 Å². The van der Waals surface area contributed by atoms with Gasteiger partial charge >= 0.3 is 6.18 Å². The Morgan fingerprint density at radius 2 is 1.82 bits per heavy atom. The molecule has 0 bridgehead atoms. The minimum Gasteiger partial charge on any atom is -0.399 e. The van der Waals surface area contributed by atoms with E-state index in [-0.39, 0.29) is 0 Å². The van der Waals surface area contributed by atoms with E-state index in [0.717, 1.165) is 31.7 Å². The van der Waals surface area contributed by atoms with E-state index in [9.17, 15) is 13.2 Å². The van der Waals surface area contributed by atoms with Gasteiger partial charge in [-0.05, 0) is 36.6 Å². The van der Waals surface area contributed by atoms with Gasteiger partial charge in [-0.1, -0.05) is 26.2 Å². The number of nitrogen functional groups attached to an aromatic ring is 1. The van der Waals surface area contributed by atoms with Crippen LogP contribution < -0.4 is 5.73 Å². The first-order chi connectivity index (χ1) is 7.95. The van der Waals surface area contributed by atoms with Crippen molar-refractivity contribution in [2.24, 2.45) is 0 Å². The molecule has 2 N–H and O–H groups in total. The number of nitrogens with two attached hydrogens (primary N) is 1. The third-order valence-corrected chi connectivity index (χ3v) is 2.73. The third-order valence-electron chi connectivity index (χ3n) is 2.73. The minimum absolute atomic E-state index is 0.314. The highest BCUT2D eigenvalue weighted by atomic mass is 19.4. The summed E-state index contributed by atoms with van der Waals surface area (Å²) in [7, 11) is 0. The molecule has 0 aromatic heterocycles. The normalized spacial score (nSPS) is 11.8. The van der Waals surface area contributed by atoms with E-state index >= 15 is 0 Å². The highest BCUT2D eigenvalue weighted by Crippen LogP contribution is 2.33. The number of hydrogen-bond donors (Lipinski definition) is 1. The van der Waals surface area contributed by atoms with E-state index in [0.29, 0.717) is 17.7 Å². The molecule has 0 amide bonds. The lowest BCUT2D eigenvalue weighted by atomic mass is 10.00. The largest absolute Gasteiger partial charge is 0.416 e. The van der Waals surface area contributed by atoms with Crippen LogP contribution in [0.3, 0.4) is 0 Å². The van der Waals surface area contributed by atoms with E-state index in [2.05, 4.69) is 6.92 Å². The zero-order valence-corrected chi connectivity index (χ0v) is 9.98. The fourth-order valence-electron chi connectivity index (χ4n) is 1.84. The Balaban J connectivity index is 2.77. The smallest absolute Gasteiger partial charge is 0.399 e. The number of anilines is 1. The van der Waals surface area contributed by atoms with Gasteiger partial charge < -0.3 is 5.73 Å². The highest BCUT2D eigenvalue weighted by Gasteiger charge is 2.32. The van der Waals surface area contributed by atoms with Gasteiger partial charge in [0, 0.05) is 5.69 Å². The van der Waals surface area contributed by atoms with Gasteiger partial charge in [-0.2, -0.15) is 13.2 Å². The van der Waals surface area contributed by atoms with Crippen LogP contribution in [0.1, 0.15) is 43.7 Å². The van der Waals surface area contributed by atoms with E-state index in [4.69, 9.17) is 5.73 Å². The van der Waals surface area contributed by atoms with Crippen LogP contribution in [-0.4, -0.2) is 0 Å². The molecule has 0 atom stereocenters. The van der Waals surface area contributed by atoms with Crippen molar-refractivity contribution in [1.82, 2.24) is 0 Å². The predicted octanol–water partition coefficient (Wildman–Crippen LogP) is 4.41. The first-order valence-electron chi connectivity index (χ1n) is 5.90. The zero-order chi connectivity index (χ0) is 12.9. The average molecular weight is 245 g/mol. The van der Waals surface area contributed by atoms with Crippen LogP contribution >= 0.6 is 0 Å². The maximum absolute atomic E-state index is 12.7. The van der Waals surface area contributed by atoms with Gasteiger partial charge in [-0.15, -0.1) is 0 Å². The molecule has 0 aliphatic carbocycles. The number of benzene rings is 1. The molecule has 96 valence electrons. The van der Waals surface area contributed by atoms with Crippen LogP contribution in [0.2, 0.25) is 0 Å². The van der Waals surface area contributed by atoms with Crippen LogP contribution in [0.4, 0.5) is 18.9 Å². The molecule has 0 unspecified atom stereocenters. The minimum atomic E-state index is -4.28. The molecule has 17 heavy (non-hydrogen) atoms. The van der Waals surface area contributed by atoms with Crippen molar-refractivity contribution in [3.8, 4) is 0 Å². The quantitative estimate of drug-likeness (QED) is 0.603. The molecular weight excluding hydrogens is 227 g/mol. The van der Waals surface area contributed by atoms with Crippen molar-refractivity contribution in [3.05, 3.63) is 29.3 Å². The van der Waals surface area contributed by atoms with E-state index in [1.807, 2.05) is 0 Å². The van der Waals surface area contributed by atoms with Crippen molar-refractivity contribution >= 4 is 5.69 Å². The first kappa shape index (κ1) is 13.9. The number of alkyl halides is 3. The van der Waals surface area contributed by atoms with E-state index < -0.39 is 11.7 Å². The summed E-state index contributed by atoms with van der Waals surface area (Å²) in [6.07, 6.45) is 0.0311. The van der Waals surface area contributed by atoms with Gasteiger partial charge in [-0.25, -0.2) is 0 Å². The maximum atomic E-state index is 12.7. The summed E-state index contributed by atoms with van der Waals surface area (Å²) in [5.74, 6) is 0. The molecule has 0 spiro atoms. The van der Waals surface area contributed by atoms with Crippen LogP contribution in [0, 0.1) is 0 Å². The summed E-state index contributed by atoms with van der Waals surface area (Å²) in [6.45, 7) is 2.07. The second-order valence-corrected chi connectivity index (χ2v) is 4.23. The van der Waals surface area contributed by atoms with Gasteiger partial charge in [0.05, 0.1) is 5.56 Å². The standard InChI is InChI=1S/C13H18F3N/c1-2-3-4-5-6-10-9-11(17)7-8-12(10)13(14,15)16/h7-9H,2-6,17H2,1H3. The Bertz CT molecular complexity index is 358. The molecule has 0 aliphatic rings. The molecule has 4 heteroatoms. The van der Waals surface area contributed by atoms with Gasteiger partial charge in [0.2, 0.25) is 0 Å². The maximum Gasteiger partial charge on any atom is 0.416 e. The van der Waals surface area contributed by atoms with Crippen molar-refractivity contribution in [1.29, 1.82) is 0 Å². The molecule has 0 aliphatic heterocycles. The van der Waals surface area contributed by atoms with Crippen molar-refractivity contribution in [2.45, 2.75) is 45.2 Å². The third kappa shape index (κ3) is 4.29. The molecule has 1 aromatic carbocycles. The Labute approximate surface area is 99.8 Å². The number of aryl methyl sites for hydroxylation is 1. The number of unbranched alkanes of at least 4 members (excludes halogenated alkanes) is 3. The fraction of sp³-hybridized carbons (Fsp3) is 0.538. The Hall–Kier alpha value is -1.19. The molecule has 0 saturated heterocycles. The van der Waals surface area contributed by atoms with E-state index in [1.165, 1.54) is 12.1 Å². The van der Waals surface area contributed by atoms with Crippen molar-refractivity contribution in [3.63, 3.8) is 0 Å². The van der Waals surface area contributed by atoms with E-state index in [1.54, 1.807) is 0 Å². The van der Waals surface area contributed by atoms with Crippen LogP contribution in [0.25, 0.3) is 0 Å². The molecule has 0 saturated carbocycles. The van der Waals surface area contributed by atoms with Gasteiger partial charge in [-0.3, -0.25) is 0 Å². The van der Waals surface area contributed by atoms with Gasteiger partial charge in [0.1, 0.15) is 0 Å². The predicted molar refractivity (Wildman–Crippen MR) is 63.7 cm³/mol. The zero-order valence-electron chi connectivity index (χ0n) is 9.98. The molecule has 0 radical (unpaired) electrons. The monoisotopic (exact) mass is 245 g/mol. The lowest BCUT2D eigenvalue weighted by Crippen LogP contribution is -2.09. The number of hydrogen-bond acceptors (Lipinski definition) is 1. The highest BCUT2D eigenvalue weighted by molar-refractivity contribution is 5.45. The van der Waals surface area contributed by atoms with Crippen LogP contribution in [-0.2, 0) is 12.6 Å². The summed E-state index contributed by atoms with van der Waals surface area (Å²) in [5, 5.41) is 0. The molecule has 0 heterocycles. The summed E-state index contributed by atoms with van der Waals surface area (Å²) in [6, 6.07) is 3.82. The Morgan fingerprint density at radius 1 is 1.12 bits per heavy atom. The fourth-order valence-corrected chi connectivity index (χ4v) is 1.84. The SMILES string of the molecule is CCCCCCc1cc(N)ccc1C(F)(F)F.